The van der Waals surface area contributed by atoms with Gasteiger partial charge in [0, 0.05) is 39.3 Å². The predicted octanol–water partition coefficient (Wildman–Crippen LogP) is 2.79. The van der Waals surface area contributed by atoms with E-state index in [0.29, 0.717) is 18.5 Å². The Morgan fingerprint density at radius 1 is 1.10 bits per heavy atom. The van der Waals surface area contributed by atoms with Gasteiger partial charge in [0.2, 0.25) is 0 Å². The summed E-state index contributed by atoms with van der Waals surface area (Å²) in [5.74, 6) is 1.52. The van der Waals surface area contributed by atoms with Gasteiger partial charge in [0.15, 0.2) is 5.96 Å². The van der Waals surface area contributed by atoms with Crippen molar-refractivity contribution in [3.63, 3.8) is 0 Å². The van der Waals surface area contributed by atoms with Gasteiger partial charge < -0.3 is 15.5 Å². The van der Waals surface area contributed by atoms with Crippen molar-refractivity contribution in [3.05, 3.63) is 35.4 Å². The third-order valence-electron chi connectivity index (χ3n) is 5.92. The molecule has 1 aromatic carbocycles. The molecule has 0 spiro atoms. The van der Waals surface area contributed by atoms with Crippen molar-refractivity contribution in [1.29, 1.82) is 0 Å². The van der Waals surface area contributed by atoms with Crippen molar-refractivity contribution in [2.45, 2.75) is 38.0 Å². The molecular weight excluding hydrogens is 379 g/mol. The number of nitrogens with one attached hydrogen (secondary N) is 2. The summed E-state index contributed by atoms with van der Waals surface area (Å²) in [6.07, 6.45) is -0.858. The van der Waals surface area contributed by atoms with Crippen molar-refractivity contribution < 1.29 is 13.2 Å². The lowest BCUT2D eigenvalue weighted by Gasteiger charge is -2.29. The molecule has 0 amide bonds. The maximum Gasteiger partial charge on any atom is 0.416 e. The Morgan fingerprint density at radius 2 is 1.79 bits per heavy atom. The molecule has 1 aromatic rings. The number of halogens is 3. The number of guanidine groups is 1. The molecule has 2 N–H and O–H groups in total. The average molecular weight is 412 g/mol. The molecule has 2 heterocycles. The first-order chi connectivity index (χ1) is 13.8. The van der Waals surface area contributed by atoms with E-state index in [2.05, 4.69) is 32.5 Å². The monoisotopic (exact) mass is 411 g/mol. The van der Waals surface area contributed by atoms with Crippen LogP contribution in [-0.2, 0) is 12.7 Å². The molecule has 0 aliphatic carbocycles. The Hall–Kier alpha value is -1.80. The second-order valence-electron chi connectivity index (χ2n) is 8.26. The van der Waals surface area contributed by atoms with Gasteiger partial charge >= 0.3 is 6.18 Å². The fourth-order valence-corrected chi connectivity index (χ4v) is 4.05. The van der Waals surface area contributed by atoms with Gasteiger partial charge in [0.25, 0.3) is 0 Å². The molecule has 1 unspecified atom stereocenters. The Balaban J connectivity index is 1.41. The summed E-state index contributed by atoms with van der Waals surface area (Å²) >= 11 is 0. The molecule has 2 fully saturated rings. The molecule has 0 saturated carbocycles. The Labute approximate surface area is 171 Å². The van der Waals surface area contributed by atoms with Crippen molar-refractivity contribution >= 4 is 5.96 Å². The Kier molecular flexibility index (Phi) is 7.40. The topological polar surface area (TPSA) is 42.9 Å². The van der Waals surface area contributed by atoms with E-state index in [0.717, 1.165) is 62.8 Å². The molecule has 1 atom stereocenters. The zero-order chi connectivity index (χ0) is 20.9. The lowest BCUT2D eigenvalue weighted by atomic mass is 9.97. The highest BCUT2D eigenvalue weighted by atomic mass is 19.4. The maximum absolute atomic E-state index is 12.7. The minimum Gasteiger partial charge on any atom is -0.356 e. The number of piperidine rings is 1. The van der Waals surface area contributed by atoms with Crippen LogP contribution in [0.15, 0.2) is 29.3 Å². The molecular formula is C21H32F3N5. The van der Waals surface area contributed by atoms with Crippen LogP contribution in [0.5, 0.6) is 0 Å². The van der Waals surface area contributed by atoms with E-state index in [1.165, 1.54) is 12.8 Å². The lowest BCUT2D eigenvalue weighted by molar-refractivity contribution is -0.137. The highest BCUT2D eigenvalue weighted by molar-refractivity contribution is 5.80. The van der Waals surface area contributed by atoms with E-state index in [-0.39, 0.29) is 0 Å². The first kappa shape index (κ1) is 21.9. The fourth-order valence-electron chi connectivity index (χ4n) is 4.05. The summed E-state index contributed by atoms with van der Waals surface area (Å²) in [7, 11) is 3.96. The summed E-state index contributed by atoms with van der Waals surface area (Å²) < 4.78 is 38.1. The fraction of sp³-hybridized carbons (Fsp3) is 0.667. The van der Waals surface area contributed by atoms with Gasteiger partial charge in [-0.25, -0.2) is 0 Å². The number of hydrogen-bond donors (Lipinski definition) is 2. The SMILES string of the molecule is CN=C(NCC1CCN(C)CC1)NC1CCN(Cc2ccc(C(F)(F)F)cc2)C1. The van der Waals surface area contributed by atoms with Crippen molar-refractivity contribution in [1.82, 2.24) is 20.4 Å². The Morgan fingerprint density at radius 3 is 2.41 bits per heavy atom. The van der Waals surface area contributed by atoms with Crippen LogP contribution in [0, 0.1) is 5.92 Å². The largest absolute Gasteiger partial charge is 0.416 e. The second kappa shape index (κ2) is 9.80. The van der Waals surface area contributed by atoms with Gasteiger partial charge in [0.05, 0.1) is 5.56 Å². The molecule has 0 bridgehead atoms. The van der Waals surface area contributed by atoms with Crippen molar-refractivity contribution in [2.24, 2.45) is 10.9 Å². The number of hydrogen-bond acceptors (Lipinski definition) is 3. The highest BCUT2D eigenvalue weighted by Gasteiger charge is 2.30. The third kappa shape index (κ3) is 6.60. The molecule has 0 aromatic heterocycles. The second-order valence-corrected chi connectivity index (χ2v) is 8.26. The summed E-state index contributed by atoms with van der Waals surface area (Å²) in [4.78, 5) is 8.99. The average Bonchev–Trinajstić information content (AvgIpc) is 3.13. The number of likely N-dealkylation sites (tertiary alicyclic amines) is 2. The van der Waals surface area contributed by atoms with Gasteiger partial charge in [-0.1, -0.05) is 12.1 Å². The molecule has 162 valence electrons. The quantitative estimate of drug-likeness (QED) is 0.578. The number of nitrogens with zero attached hydrogens (tertiary/aromatic N) is 3. The number of rotatable bonds is 5. The van der Waals surface area contributed by atoms with E-state index in [4.69, 9.17) is 0 Å². The number of alkyl halides is 3. The Bertz CT molecular complexity index is 666. The normalized spacial score (nSPS) is 22.8. The minimum absolute atomic E-state index is 0.299. The number of aliphatic imine (C=N–C) groups is 1. The first-order valence-electron chi connectivity index (χ1n) is 10.4. The standard InChI is InChI=1S/C21H32F3N5/c1-25-20(26-13-16-7-10-28(2)11-8-16)27-19-9-12-29(15-19)14-17-3-5-18(6-4-17)21(22,23)24/h3-6,16,19H,7-15H2,1-2H3,(H2,25,26,27). The summed E-state index contributed by atoms with van der Waals surface area (Å²) in [6.45, 7) is 5.69. The maximum atomic E-state index is 12.7. The van der Waals surface area contributed by atoms with Crippen LogP contribution in [0.1, 0.15) is 30.4 Å². The first-order valence-corrected chi connectivity index (χ1v) is 10.4. The van der Waals surface area contributed by atoms with Crippen LogP contribution in [0.2, 0.25) is 0 Å². The zero-order valence-corrected chi connectivity index (χ0v) is 17.3. The van der Waals surface area contributed by atoms with Crippen LogP contribution in [0.4, 0.5) is 13.2 Å². The highest BCUT2D eigenvalue weighted by Crippen LogP contribution is 2.29. The van der Waals surface area contributed by atoms with Crippen molar-refractivity contribution in [2.75, 3.05) is 46.8 Å². The third-order valence-corrected chi connectivity index (χ3v) is 5.92. The van der Waals surface area contributed by atoms with E-state index in [1.54, 1.807) is 19.2 Å². The van der Waals surface area contributed by atoms with Crippen LogP contribution < -0.4 is 10.6 Å². The van der Waals surface area contributed by atoms with Gasteiger partial charge in [0.1, 0.15) is 0 Å². The van der Waals surface area contributed by atoms with Crippen LogP contribution >= 0.6 is 0 Å². The molecule has 3 rings (SSSR count). The van der Waals surface area contributed by atoms with Gasteiger partial charge in [-0.05, 0) is 63.0 Å². The molecule has 5 nitrogen and oxygen atoms in total. The minimum atomic E-state index is -4.28. The van der Waals surface area contributed by atoms with Gasteiger partial charge in [-0.15, -0.1) is 0 Å². The zero-order valence-electron chi connectivity index (χ0n) is 17.3. The molecule has 0 radical (unpaired) electrons. The van der Waals surface area contributed by atoms with E-state index in [9.17, 15) is 13.2 Å². The summed E-state index contributed by atoms with van der Waals surface area (Å²) in [5.41, 5.74) is 0.310. The number of benzene rings is 1. The van der Waals surface area contributed by atoms with E-state index in [1.807, 2.05) is 0 Å². The molecule has 29 heavy (non-hydrogen) atoms. The molecule has 2 aliphatic heterocycles. The van der Waals surface area contributed by atoms with Crippen LogP contribution in [0.25, 0.3) is 0 Å². The van der Waals surface area contributed by atoms with Crippen LogP contribution in [-0.4, -0.2) is 68.6 Å². The predicted molar refractivity (Wildman–Crippen MR) is 110 cm³/mol. The van der Waals surface area contributed by atoms with Gasteiger partial charge in [-0.3, -0.25) is 9.89 Å². The molecule has 8 heteroatoms. The van der Waals surface area contributed by atoms with Gasteiger partial charge in [-0.2, -0.15) is 13.2 Å². The molecule has 2 saturated heterocycles. The van der Waals surface area contributed by atoms with E-state index >= 15 is 0 Å². The summed E-state index contributed by atoms with van der Waals surface area (Å²) in [6, 6.07) is 5.77. The van der Waals surface area contributed by atoms with E-state index < -0.39 is 11.7 Å². The lowest BCUT2D eigenvalue weighted by Crippen LogP contribution is -2.46. The smallest absolute Gasteiger partial charge is 0.356 e. The molecule has 2 aliphatic rings. The summed E-state index contributed by atoms with van der Waals surface area (Å²) in [5, 5.41) is 6.96. The van der Waals surface area contributed by atoms with Crippen molar-refractivity contribution in [3.8, 4) is 0 Å². The van der Waals surface area contributed by atoms with Crippen LogP contribution in [0.3, 0.4) is 0 Å².